The van der Waals surface area contributed by atoms with Crippen LogP contribution in [-0.4, -0.2) is 21.3 Å². The van der Waals surface area contributed by atoms with Crippen molar-refractivity contribution in [2.45, 2.75) is 27.2 Å². The van der Waals surface area contributed by atoms with Crippen molar-refractivity contribution in [3.05, 3.63) is 62.2 Å². The predicted molar refractivity (Wildman–Crippen MR) is 94.8 cm³/mol. The van der Waals surface area contributed by atoms with E-state index in [1.165, 1.54) is 12.2 Å². The van der Waals surface area contributed by atoms with Gasteiger partial charge in [0.25, 0.3) is 5.56 Å². The lowest BCUT2D eigenvalue weighted by molar-refractivity contribution is -0.132. The smallest absolute Gasteiger partial charge is 0.338 e. The van der Waals surface area contributed by atoms with Crippen molar-refractivity contribution in [3.8, 4) is 0 Å². The standard InChI is InChI=1S/C19H21FN2O3/c1-5-6-7-13-12(3)17(23)22-21-16(13)10-19(4)9-14(18(24)25)15(20)8-11(19)2/h5-9,11H,3,10H2,1-2,4H3,(H,22,23)(H,24,25)/b6-5-,13-7+. The van der Waals surface area contributed by atoms with Crippen LogP contribution in [0, 0.1) is 11.3 Å². The molecule has 2 rings (SSSR count). The molecule has 0 amide bonds. The summed E-state index contributed by atoms with van der Waals surface area (Å²) in [6.07, 6.45) is 8.42. The van der Waals surface area contributed by atoms with E-state index < -0.39 is 17.2 Å². The van der Waals surface area contributed by atoms with Crippen molar-refractivity contribution >= 4 is 18.6 Å². The fraction of sp³-hybridized carbons (Fsp3) is 0.316. The SMILES string of the molecule is C=c1c(=O)[nH]nc(CC2(C)C=C(C(=O)O)C(F)=CC2C)/c1=C/C=C\C. The average Bonchev–Trinajstić information content (AvgIpc) is 2.54. The molecule has 1 aromatic rings. The van der Waals surface area contributed by atoms with Crippen molar-refractivity contribution < 1.29 is 14.3 Å². The number of aromatic amines is 1. The fourth-order valence-electron chi connectivity index (χ4n) is 2.83. The summed E-state index contributed by atoms with van der Waals surface area (Å²) in [6, 6.07) is 0. The zero-order chi connectivity index (χ0) is 18.8. The summed E-state index contributed by atoms with van der Waals surface area (Å²) in [6.45, 7) is 9.31. The molecule has 1 aromatic heterocycles. The molecule has 2 unspecified atom stereocenters. The van der Waals surface area contributed by atoms with Gasteiger partial charge in [-0.25, -0.2) is 14.3 Å². The lowest BCUT2D eigenvalue weighted by Crippen LogP contribution is -2.44. The minimum atomic E-state index is -1.31. The molecule has 5 nitrogen and oxygen atoms in total. The molecule has 0 bridgehead atoms. The number of carboxylic acid groups (broad SMARTS) is 1. The summed E-state index contributed by atoms with van der Waals surface area (Å²) in [4.78, 5) is 23.1. The molecule has 0 aliphatic heterocycles. The van der Waals surface area contributed by atoms with Gasteiger partial charge in [0.15, 0.2) is 0 Å². The molecule has 1 heterocycles. The van der Waals surface area contributed by atoms with Crippen LogP contribution in [0.5, 0.6) is 0 Å². The highest BCUT2D eigenvalue weighted by Crippen LogP contribution is 2.40. The first-order valence-electron chi connectivity index (χ1n) is 7.93. The molecule has 25 heavy (non-hydrogen) atoms. The van der Waals surface area contributed by atoms with Crippen LogP contribution in [0.1, 0.15) is 26.5 Å². The van der Waals surface area contributed by atoms with E-state index in [1.807, 2.05) is 26.8 Å². The zero-order valence-electron chi connectivity index (χ0n) is 14.5. The number of carbonyl (C=O) groups is 1. The largest absolute Gasteiger partial charge is 0.478 e. The fourth-order valence-corrected chi connectivity index (χ4v) is 2.83. The Balaban J connectivity index is 2.60. The molecule has 1 aliphatic rings. The maximum absolute atomic E-state index is 13.9. The Kier molecular flexibility index (Phi) is 5.21. The first kappa shape index (κ1) is 18.6. The first-order valence-corrected chi connectivity index (χ1v) is 7.93. The second kappa shape index (κ2) is 7.01. The van der Waals surface area contributed by atoms with Crippen LogP contribution >= 0.6 is 0 Å². The number of nitrogens with zero attached hydrogens (tertiary/aromatic N) is 1. The summed E-state index contributed by atoms with van der Waals surface area (Å²) in [5, 5.41) is 16.6. The normalized spacial score (nSPS) is 24.3. The van der Waals surface area contributed by atoms with Crippen LogP contribution in [0.2, 0.25) is 0 Å². The van der Waals surface area contributed by atoms with Gasteiger partial charge in [-0.15, -0.1) is 0 Å². The Bertz CT molecular complexity index is 956. The quantitative estimate of drug-likeness (QED) is 0.869. The van der Waals surface area contributed by atoms with Gasteiger partial charge in [0, 0.05) is 16.9 Å². The van der Waals surface area contributed by atoms with Gasteiger partial charge in [-0.05, 0) is 24.3 Å². The Morgan fingerprint density at radius 3 is 2.84 bits per heavy atom. The van der Waals surface area contributed by atoms with Crippen molar-refractivity contribution in [2.24, 2.45) is 11.3 Å². The number of aliphatic carboxylic acids is 1. The molecule has 2 atom stereocenters. The summed E-state index contributed by atoms with van der Waals surface area (Å²) in [7, 11) is 0. The molecule has 0 saturated heterocycles. The zero-order valence-corrected chi connectivity index (χ0v) is 14.5. The lowest BCUT2D eigenvalue weighted by atomic mass is 9.70. The predicted octanol–water partition coefficient (Wildman–Crippen LogP) is 1.60. The summed E-state index contributed by atoms with van der Waals surface area (Å²) < 4.78 is 13.9. The van der Waals surface area contributed by atoms with E-state index in [4.69, 9.17) is 0 Å². The van der Waals surface area contributed by atoms with Crippen LogP contribution < -0.4 is 16.0 Å². The average molecular weight is 344 g/mol. The maximum atomic E-state index is 13.9. The maximum Gasteiger partial charge on any atom is 0.338 e. The molecular formula is C19H21FN2O3. The number of hydrogen-bond donors (Lipinski definition) is 2. The van der Waals surface area contributed by atoms with Crippen molar-refractivity contribution in [2.75, 3.05) is 0 Å². The summed E-state index contributed by atoms with van der Waals surface area (Å²) in [5.74, 6) is -2.28. The molecule has 2 N–H and O–H groups in total. The van der Waals surface area contributed by atoms with E-state index >= 15 is 0 Å². The highest BCUT2D eigenvalue weighted by atomic mass is 19.1. The number of rotatable bonds is 4. The molecule has 0 radical (unpaired) electrons. The van der Waals surface area contributed by atoms with Gasteiger partial charge in [0.05, 0.1) is 11.3 Å². The molecule has 0 saturated carbocycles. The Morgan fingerprint density at radius 2 is 2.24 bits per heavy atom. The van der Waals surface area contributed by atoms with Crippen LogP contribution in [0.25, 0.3) is 12.7 Å². The first-order chi connectivity index (χ1) is 11.7. The molecule has 0 aromatic carbocycles. The van der Waals surface area contributed by atoms with E-state index in [0.717, 1.165) is 0 Å². The van der Waals surface area contributed by atoms with Gasteiger partial charge in [-0.1, -0.05) is 44.7 Å². The molecule has 132 valence electrons. The number of carboxylic acids is 1. The third-order valence-electron chi connectivity index (χ3n) is 4.60. The van der Waals surface area contributed by atoms with E-state index in [9.17, 15) is 19.1 Å². The number of nitrogens with one attached hydrogen (secondary N) is 1. The van der Waals surface area contributed by atoms with E-state index in [0.29, 0.717) is 22.6 Å². The molecule has 6 heteroatoms. The monoisotopic (exact) mass is 344 g/mol. The third kappa shape index (κ3) is 3.68. The number of halogens is 1. The van der Waals surface area contributed by atoms with Gasteiger partial charge in [0.1, 0.15) is 5.83 Å². The van der Waals surface area contributed by atoms with Crippen molar-refractivity contribution in [1.29, 1.82) is 0 Å². The van der Waals surface area contributed by atoms with E-state index in [2.05, 4.69) is 16.8 Å². The van der Waals surface area contributed by atoms with Crippen LogP contribution in [0.3, 0.4) is 0 Å². The molecule has 0 fully saturated rings. The van der Waals surface area contributed by atoms with Gasteiger partial charge in [-0.2, -0.15) is 5.10 Å². The van der Waals surface area contributed by atoms with E-state index in [-0.39, 0.29) is 17.1 Å². The van der Waals surface area contributed by atoms with Gasteiger partial charge >= 0.3 is 5.97 Å². The van der Waals surface area contributed by atoms with Gasteiger partial charge in [-0.3, -0.25) is 4.79 Å². The highest BCUT2D eigenvalue weighted by Gasteiger charge is 2.36. The Hall–Kier alpha value is -2.76. The minimum absolute atomic E-state index is 0.243. The van der Waals surface area contributed by atoms with Gasteiger partial charge in [0.2, 0.25) is 0 Å². The van der Waals surface area contributed by atoms with E-state index in [1.54, 1.807) is 12.2 Å². The highest BCUT2D eigenvalue weighted by molar-refractivity contribution is 5.91. The second-order valence-corrected chi connectivity index (χ2v) is 6.43. The molecule has 0 spiro atoms. The summed E-state index contributed by atoms with van der Waals surface area (Å²) in [5.41, 5.74) is -0.818. The van der Waals surface area contributed by atoms with Crippen molar-refractivity contribution in [3.63, 3.8) is 0 Å². The second-order valence-electron chi connectivity index (χ2n) is 6.43. The molecular weight excluding hydrogens is 323 g/mol. The minimum Gasteiger partial charge on any atom is -0.478 e. The number of hydrogen-bond acceptors (Lipinski definition) is 3. The van der Waals surface area contributed by atoms with Crippen LogP contribution in [-0.2, 0) is 11.2 Å². The van der Waals surface area contributed by atoms with Crippen LogP contribution in [0.4, 0.5) is 4.39 Å². The Labute approximate surface area is 144 Å². The summed E-state index contributed by atoms with van der Waals surface area (Å²) >= 11 is 0. The molecule has 1 aliphatic carbocycles. The lowest BCUT2D eigenvalue weighted by Gasteiger charge is -2.34. The topological polar surface area (TPSA) is 83.0 Å². The van der Waals surface area contributed by atoms with Gasteiger partial charge < -0.3 is 5.11 Å². The number of H-pyrrole nitrogens is 1. The third-order valence-corrected chi connectivity index (χ3v) is 4.60. The Morgan fingerprint density at radius 1 is 1.56 bits per heavy atom. The number of aromatic nitrogens is 2. The van der Waals surface area contributed by atoms with Crippen molar-refractivity contribution in [1.82, 2.24) is 10.2 Å². The van der Waals surface area contributed by atoms with Crippen LogP contribution in [0.15, 0.2) is 40.5 Å². The number of allylic oxidation sites excluding steroid dienone is 4.